The molecule has 7 nitrogen and oxygen atoms in total. The fourth-order valence-electron chi connectivity index (χ4n) is 1.46. The van der Waals surface area contributed by atoms with Crippen LogP contribution in [-0.4, -0.2) is 35.2 Å². The van der Waals surface area contributed by atoms with Crippen molar-refractivity contribution in [3.05, 3.63) is 16.5 Å². The van der Waals surface area contributed by atoms with Crippen molar-refractivity contribution in [2.24, 2.45) is 0 Å². The van der Waals surface area contributed by atoms with Crippen molar-refractivity contribution in [2.75, 3.05) is 11.9 Å². The summed E-state index contributed by atoms with van der Waals surface area (Å²) < 4.78 is 4.93. The van der Waals surface area contributed by atoms with Crippen molar-refractivity contribution in [3.8, 4) is 0 Å². The molecule has 0 unspecified atom stereocenters. The average molecular weight is 501 g/mol. The summed E-state index contributed by atoms with van der Waals surface area (Å²) in [6.45, 7) is 6.37. The van der Waals surface area contributed by atoms with Gasteiger partial charge in [-0.25, -0.2) is 14.4 Å². The molecule has 3 N–H and O–H groups in total. The van der Waals surface area contributed by atoms with E-state index < -0.39 is 23.5 Å². The Morgan fingerprint density at radius 1 is 1.36 bits per heavy atom. The van der Waals surface area contributed by atoms with E-state index in [0.717, 1.165) is 0 Å². The third kappa shape index (κ3) is 5.09. The minimum atomic E-state index is -1.42. The molecule has 0 fully saturated rings. The summed E-state index contributed by atoms with van der Waals surface area (Å²) in [6.07, 6.45) is 0. The molecule has 0 saturated heterocycles. The number of esters is 1. The van der Waals surface area contributed by atoms with E-state index in [1.807, 2.05) is 0 Å². The molecule has 123 valence electrons. The van der Waals surface area contributed by atoms with E-state index in [1.165, 1.54) is 25.2 Å². The van der Waals surface area contributed by atoms with E-state index in [4.69, 9.17) is 9.84 Å². The van der Waals surface area contributed by atoms with Gasteiger partial charge in [0.05, 0.1) is 12.2 Å². The van der Waals surface area contributed by atoms with E-state index in [0.29, 0.717) is 10.6 Å². The van der Waals surface area contributed by atoms with Gasteiger partial charge in [-0.1, -0.05) is 0 Å². The first-order valence-corrected chi connectivity index (χ1v) is 7.14. The molecular formula is C13H18N2O5ReS. The maximum absolute atomic E-state index is 11.8. The van der Waals surface area contributed by atoms with Crippen LogP contribution in [0.1, 0.15) is 36.7 Å². The Morgan fingerprint density at radius 2 is 1.95 bits per heavy atom. The van der Waals surface area contributed by atoms with E-state index in [-0.39, 0.29) is 32.6 Å². The number of urea groups is 1. The quantitative estimate of drug-likeness (QED) is 0.538. The van der Waals surface area contributed by atoms with Crippen molar-refractivity contribution in [1.82, 2.24) is 5.32 Å². The summed E-state index contributed by atoms with van der Waals surface area (Å²) >= 11 is 1.17. The van der Waals surface area contributed by atoms with Crippen LogP contribution < -0.4 is 10.6 Å². The number of carboxylic acids is 1. The minimum absolute atomic E-state index is 0. The predicted molar refractivity (Wildman–Crippen MR) is 78.9 cm³/mol. The average Bonchev–Trinajstić information content (AvgIpc) is 2.69. The van der Waals surface area contributed by atoms with Crippen molar-refractivity contribution >= 4 is 34.3 Å². The van der Waals surface area contributed by atoms with Crippen LogP contribution in [0.3, 0.4) is 0 Å². The van der Waals surface area contributed by atoms with E-state index >= 15 is 0 Å². The number of amides is 2. The monoisotopic (exact) mass is 501 g/mol. The molecule has 0 bridgehead atoms. The number of aryl methyl sites for hydroxylation is 1. The van der Waals surface area contributed by atoms with Gasteiger partial charge >= 0.3 is 18.0 Å². The van der Waals surface area contributed by atoms with Crippen molar-refractivity contribution in [3.63, 3.8) is 0 Å². The van der Waals surface area contributed by atoms with Gasteiger partial charge in [0.1, 0.15) is 10.5 Å². The Morgan fingerprint density at radius 3 is 2.45 bits per heavy atom. The normalized spacial score (nSPS) is 10.4. The third-order valence-corrected chi connectivity index (χ3v) is 3.66. The number of carbonyl (C=O) groups excluding carboxylic acids is 2. The van der Waals surface area contributed by atoms with Crippen LogP contribution in [0.25, 0.3) is 0 Å². The van der Waals surface area contributed by atoms with Crippen LogP contribution in [0.4, 0.5) is 9.80 Å². The molecule has 9 heteroatoms. The number of aliphatic carboxylic acids is 1. The maximum atomic E-state index is 11.8. The fourth-order valence-corrected chi connectivity index (χ4v) is 2.39. The Kier molecular flexibility index (Phi) is 7.73. The molecule has 1 rings (SSSR count). The Labute approximate surface area is 146 Å². The number of hydrogen-bond donors (Lipinski definition) is 3. The standard InChI is InChI=1S/C13H18N2O5S.Re/c1-5-20-10(16)8-7(2)6-21-9(8)14-12(19)15-13(3,4)11(17)18;/h6H,5H2,1-4H3,(H,17,18)(H2,14,15,19);. The van der Waals surface area contributed by atoms with Crippen molar-refractivity contribution in [2.45, 2.75) is 33.2 Å². The zero-order valence-corrected chi connectivity index (χ0v) is 16.2. The summed E-state index contributed by atoms with van der Waals surface area (Å²) in [4.78, 5) is 34.6. The van der Waals surface area contributed by atoms with Gasteiger partial charge in [-0.05, 0) is 38.6 Å². The van der Waals surface area contributed by atoms with Gasteiger partial charge in [-0.3, -0.25) is 5.32 Å². The first kappa shape index (κ1) is 20.6. The van der Waals surface area contributed by atoms with Crippen LogP contribution in [0.15, 0.2) is 5.38 Å². The molecule has 0 atom stereocenters. The minimum Gasteiger partial charge on any atom is -0.480 e. The molecule has 0 saturated carbocycles. The van der Waals surface area contributed by atoms with Crippen molar-refractivity contribution in [1.29, 1.82) is 0 Å². The molecule has 1 radical (unpaired) electrons. The zero-order valence-electron chi connectivity index (χ0n) is 12.7. The largest absolute Gasteiger partial charge is 0.480 e. The SMILES string of the molecule is CCOC(=O)c1c(C)csc1NC(=O)NC(C)(C)C(=O)O.[Re]. The smallest absolute Gasteiger partial charge is 0.341 e. The molecular weight excluding hydrogens is 482 g/mol. The number of anilines is 1. The molecule has 2 amide bonds. The molecule has 22 heavy (non-hydrogen) atoms. The second-order valence-corrected chi connectivity index (χ2v) is 5.73. The number of hydrogen-bond acceptors (Lipinski definition) is 5. The Balaban J connectivity index is 0.00000441. The van der Waals surface area contributed by atoms with Gasteiger partial charge in [0.2, 0.25) is 0 Å². The number of carboxylic acid groups (broad SMARTS) is 1. The van der Waals surface area contributed by atoms with Gasteiger partial charge in [-0.15, -0.1) is 11.3 Å². The molecule has 0 aromatic carbocycles. The molecule has 1 heterocycles. The molecule has 0 aliphatic carbocycles. The number of rotatable bonds is 5. The summed E-state index contributed by atoms with van der Waals surface area (Å²) in [5.74, 6) is -1.69. The first-order chi connectivity index (χ1) is 9.69. The number of thiophene rings is 1. The number of nitrogens with one attached hydrogen (secondary N) is 2. The zero-order chi connectivity index (χ0) is 16.2. The van der Waals surface area contributed by atoms with Crippen LogP contribution in [0, 0.1) is 6.92 Å². The molecule has 1 aromatic heterocycles. The third-order valence-electron chi connectivity index (χ3n) is 2.64. The summed E-state index contributed by atoms with van der Waals surface area (Å²) in [7, 11) is 0. The Bertz CT molecular complexity index is 571. The van der Waals surface area contributed by atoms with E-state index in [1.54, 1.807) is 19.2 Å². The van der Waals surface area contributed by atoms with Gasteiger partial charge in [0, 0.05) is 20.4 Å². The summed E-state index contributed by atoms with van der Waals surface area (Å²) in [5.41, 5.74) is -0.447. The second-order valence-electron chi connectivity index (χ2n) is 4.85. The predicted octanol–water partition coefficient (Wildman–Crippen LogP) is 2.22. The summed E-state index contributed by atoms with van der Waals surface area (Å²) in [6, 6.07) is -0.699. The van der Waals surface area contributed by atoms with Crippen molar-refractivity contribution < 1.29 is 44.6 Å². The fraction of sp³-hybridized carbons (Fsp3) is 0.462. The van der Waals surface area contributed by atoms with Crippen LogP contribution in [0.5, 0.6) is 0 Å². The van der Waals surface area contributed by atoms with E-state index in [9.17, 15) is 14.4 Å². The van der Waals surface area contributed by atoms with Gasteiger partial charge in [0.15, 0.2) is 0 Å². The molecule has 0 aliphatic rings. The van der Waals surface area contributed by atoms with Gasteiger partial charge in [0.25, 0.3) is 0 Å². The Hall–Kier alpha value is -1.43. The maximum Gasteiger partial charge on any atom is 0.341 e. The van der Waals surface area contributed by atoms with Crippen LogP contribution in [-0.2, 0) is 30.0 Å². The van der Waals surface area contributed by atoms with Gasteiger partial charge < -0.3 is 15.2 Å². The molecule has 1 aromatic rings. The topological polar surface area (TPSA) is 105 Å². The van der Waals surface area contributed by atoms with Crippen LogP contribution in [0.2, 0.25) is 0 Å². The summed E-state index contributed by atoms with van der Waals surface area (Å²) in [5, 5.41) is 15.8. The molecule has 0 aliphatic heterocycles. The number of ether oxygens (including phenoxy) is 1. The number of carbonyl (C=O) groups is 3. The van der Waals surface area contributed by atoms with E-state index in [2.05, 4.69) is 10.6 Å². The van der Waals surface area contributed by atoms with Crippen LogP contribution >= 0.6 is 11.3 Å². The first-order valence-electron chi connectivity index (χ1n) is 6.26. The molecule has 0 spiro atoms. The second kappa shape index (κ2) is 8.27. The van der Waals surface area contributed by atoms with Gasteiger partial charge in [-0.2, -0.15) is 0 Å².